The maximum absolute atomic E-state index is 9.49. The lowest BCUT2D eigenvalue weighted by molar-refractivity contribution is 0.673. The van der Waals surface area contributed by atoms with E-state index in [2.05, 4.69) is 18.2 Å². The molecule has 0 saturated carbocycles. The largest absolute Gasteiger partial charge is 0.455 e. The van der Waals surface area contributed by atoms with Gasteiger partial charge in [-0.1, -0.05) is 170 Å². The van der Waals surface area contributed by atoms with Gasteiger partial charge in [0.15, 0.2) is 0 Å². The summed E-state index contributed by atoms with van der Waals surface area (Å²) in [6, 6.07) is 40.7. The van der Waals surface area contributed by atoms with E-state index in [1.54, 1.807) is 0 Å². The lowest BCUT2D eigenvalue weighted by atomic mass is 9.84. The first kappa shape index (κ1) is 21.5. The Morgan fingerprint density at radius 3 is 1.82 bits per heavy atom. The minimum absolute atomic E-state index is 0.122. The molecule has 0 unspecified atom stereocenters. The Kier molecular flexibility index (Phi) is 5.00. The van der Waals surface area contributed by atoms with E-state index in [0.29, 0.717) is 33.2 Å². The molecular weight excluding hydrogens is 605 g/mol. The lowest BCUT2D eigenvalue weighted by Crippen LogP contribution is -1.97. The molecule has 10 rings (SSSR count). The molecule has 9 aromatic carbocycles. The topological polar surface area (TPSA) is 13.1 Å². The maximum Gasteiger partial charge on any atom is 0.143 e. The van der Waals surface area contributed by atoms with Crippen molar-refractivity contribution in [2.75, 3.05) is 0 Å². The van der Waals surface area contributed by atoms with Gasteiger partial charge in [0.2, 0.25) is 0 Å². The molecule has 0 bridgehead atoms. The average Bonchev–Trinajstić information content (AvgIpc) is 3.66. The Morgan fingerprint density at radius 1 is 0.460 bits per heavy atom. The number of rotatable bonds is 5. The highest BCUT2D eigenvalue weighted by Crippen LogP contribution is 2.46. The molecule has 0 saturated heterocycles. The van der Waals surface area contributed by atoms with E-state index in [-0.39, 0.29) is 52.1 Å². The standard InChI is InChI=1S/C49H32O/c1-3-14-33(15-4-1)36-28-26-32(30-44(36)34-16-5-2-6-17-34)31-45-38-20-9-11-22-40(38)47(41-23-12-10-21-39(41)45)42-24-13-25-46-48(42)43-29-27-35-18-7-8-19-37(35)49(43)50-46/h1-30H,31H2/i9D,10D,11D,12D,20D,21D,22D,23D. The molecule has 0 atom stereocenters. The van der Waals surface area contributed by atoms with Gasteiger partial charge in [-0.2, -0.15) is 0 Å². The van der Waals surface area contributed by atoms with Crippen molar-refractivity contribution >= 4 is 54.3 Å². The van der Waals surface area contributed by atoms with Crippen LogP contribution >= 0.6 is 0 Å². The summed E-state index contributed by atoms with van der Waals surface area (Å²) in [6.45, 7) is 0. The second-order valence-electron chi connectivity index (χ2n) is 12.6. The van der Waals surface area contributed by atoms with Crippen molar-refractivity contribution in [1.29, 1.82) is 0 Å². The Hall–Kier alpha value is -6.44. The quantitative estimate of drug-likeness (QED) is 0.170. The first-order valence-corrected chi connectivity index (χ1v) is 16.7. The summed E-state index contributed by atoms with van der Waals surface area (Å²) in [4.78, 5) is 0. The van der Waals surface area contributed by atoms with Crippen molar-refractivity contribution < 1.29 is 15.4 Å². The molecule has 1 aromatic heterocycles. The molecule has 1 nitrogen and oxygen atoms in total. The van der Waals surface area contributed by atoms with Crippen molar-refractivity contribution in [3.8, 4) is 33.4 Å². The summed E-state index contributed by atoms with van der Waals surface area (Å²) < 4.78 is 80.1. The number of hydrogen-bond acceptors (Lipinski definition) is 1. The van der Waals surface area contributed by atoms with Crippen molar-refractivity contribution in [2.45, 2.75) is 6.42 Å². The molecular formula is C49H32O. The van der Waals surface area contributed by atoms with Crippen LogP contribution in [0.25, 0.3) is 87.6 Å². The molecule has 0 radical (unpaired) electrons. The zero-order chi connectivity index (χ0) is 40.0. The van der Waals surface area contributed by atoms with Gasteiger partial charge < -0.3 is 4.42 Å². The Balaban J connectivity index is 1.35. The van der Waals surface area contributed by atoms with Gasteiger partial charge in [0.25, 0.3) is 0 Å². The summed E-state index contributed by atoms with van der Waals surface area (Å²) in [5, 5.41) is 4.15. The summed E-state index contributed by atoms with van der Waals surface area (Å²) >= 11 is 0. The van der Waals surface area contributed by atoms with Gasteiger partial charge in [-0.15, -0.1) is 0 Å². The predicted octanol–water partition coefficient (Wildman–Crippen LogP) is 13.6. The van der Waals surface area contributed by atoms with Gasteiger partial charge in [-0.25, -0.2) is 0 Å². The second-order valence-corrected chi connectivity index (χ2v) is 12.6. The van der Waals surface area contributed by atoms with Crippen molar-refractivity contribution in [1.82, 2.24) is 0 Å². The fraction of sp³-hybridized carbons (Fsp3) is 0.0204. The molecule has 0 aliphatic rings. The highest BCUT2D eigenvalue weighted by atomic mass is 16.3. The van der Waals surface area contributed by atoms with Gasteiger partial charge in [-0.3, -0.25) is 0 Å². The summed E-state index contributed by atoms with van der Waals surface area (Å²) in [5.74, 6) is 0. The molecule has 50 heavy (non-hydrogen) atoms. The summed E-state index contributed by atoms with van der Waals surface area (Å²) in [7, 11) is 0. The highest BCUT2D eigenvalue weighted by Gasteiger charge is 2.21. The van der Waals surface area contributed by atoms with E-state index >= 15 is 0 Å². The molecule has 10 aromatic rings. The highest BCUT2D eigenvalue weighted by molar-refractivity contribution is 6.24. The molecule has 1 heteroatoms. The van der Waals surface area contributed by atoms with Crippen LogP contribution in [-0.2, 0) is 6.42 Å². The molecule has 1 heterocycles. The van der Waals surface area contributed by atoms with Crippen molar-refractivity contribution in [3.63, 3.8) is 0 Å². The number of benzene rings is 9. The normalized spacial score (nSPS) is 13.9. The van der Waals surface area contributed by atoms with Gasteiger partial charge in [0.05, 0.1) is 11.0 Å². The number of hydrogen-bond donors (Lipinski definition) is 0. The zero-order valence-corrected chi connectivity index (χ0v) is 26.8. The van der Waals surface area contributed by atoms with Gasteiger partial charge in [-0.05, 0) is 90.0 Å². The van der Waals surface area contributed by atoms with Crippen LogP contribution in [0.4, 0.5) is 0 Å². The molecule has 234 valence electrons. The van der Waals surface area contributed by atoms with Crippen LogP contribution in [0.15, 0.2) is 186 Å². The Labute approximate surface area is 301 Å². The van der Waals surface area contributed by atoms with Crippen LogP contribution in [0, 0.1) is 0 Å². The fourth-order valence-corrected chi connectivity index (χ4v) is 7.54. The van der Waals surface area contributed by atoms with Gasteiger partial charge >= 0.3 is 0 Å². The van der Waals surface area contributed by atoms with E-state index in [1.807, 2.05) is 115 Å². The van der Waals surface area contributed by atoms with Crippen LogP contribution in [0.5, 0.6) is 0 Å². The summed E-state index contributed by atoms with van der Waals surface area (Å²) in [5.41, 5.74) is 7.25. The molecule has 0 spiro atoms. The predicted molar refractivity (Wildman–Crippen MR) is 212 cm³/mol. The molecule has 0 fully saturated rings. The third-order valence-electron chi connectivity index (χ3n) is 9.77. The monoisotopic (exact) mass is 644 g/mol. The third kappa shape index (κ3) is 4.55. The maximum atomic E-state index is 9.49. The first-order chi connectivity index (χ1) is 28.1. The molecule has 0 aliphatic carbocycles. The summed E-state index contributed by atoms with van der Waals surface area (Å²) in [6.07, 6.45) is 0.122. The Morgan fingerprint density at radius 2 is 1.10 bits per heavy atom. The van der Waals surface area contributed by atoms with Gasteiger partial charge in [0.1, 0.15) is 11.2 Å². The SMILES string of the molecule is [2H]c1c([2H])c([2H])c2c(-c3cccc4oc5c6ccccc6ccc5c34)c3c([2H])c([2H])c([2H])c([2H])c3c(Cc3ccc(-c4ccccc4)c(-c4ccccc4)c3)c2c1[2H]. The number of furan rings is 1. The van der Waals surface area contributed by atoms with E-state index in [0.717, 1.165) is 44.0 Å². The van der Waals surface area contributed by atoms with E-state index in [9.17, 15) is 5.48 Å². The smallest absolute Gasteiger partial charge is 0.143 e. The minimum Gasteiger partial charge on any atom is -0.455 e. The van der Waals surface area contributed by atoms with E-state index in [4.69, 9.17) is 9.90 Å². The lowest BCUT2D eigenvalue weighted by Gasteiger charge is -2.19. The Bertz CT molecular complexity index is 3260. The van der Waals surface area contributed by atoms with Crippen molar-refractivity contribution in [2.24, 2.45) is 0 Å². The first-order valence-electron chi connectivity index (χ1n) is 20.7. The van der Waals surface area contributed by atoms with E-state index < -0.39 is 24.2 Å². The van der Waals surface area contributed by atoms with Crippen molar-refractivity contribution in [3.05, 3.63) is 193 Å². The van der Waals surface area contributed by atoms with Crippen LogP contribution < -0.4 is 0 Å². The van der Waals surface area contributed by atoms with E-state index in [1.165, 1.54) is 0 Å². The average molecular weight is 645 g/mol. The van der Waals surface area contributed by atoms with Crippen LogP contribution in [0.1, 0.15) is 22.1 Å². The molecule has 0 amide bonds. The van der Waals surface area contributed by atoms with Crippen LogP contribution in [-0.4, -0.2) is 0 Å². The molecule has 0 aliphatic heterocycles. The van der Waals surface area contributed by atoms with Crippen LogP contribution in [0.2, 0.25) is 0 Å². The third-order valence-corrected chi connectivity index (χ3v) is 9.77. The second kappa shape index (κ2) is 11.6. The fourth-order valence-electron chi connectivity index (χ4n) is 7.54. The zero-order valence-electron chi connectivity index (χ0n) is 34.8. The minimum atomic E-state index is -0.432. The van der Waals surface area contributed by atoms with Crippen LogP contribution in [0.3, 0.4) is 0 Å². The molecule has 0 N–H and O–H groups in total. The number of fused-ring (bicyclic) bond motifs is 7. The van der Waals surface area contributed by atoms with Gasteiger partial charge in [0, 0.05) is 16.2 Å².